The Hall–Kier alpha value is -1.42. The van der Waals surface area contributed by atoms with Crippen LogP contribution >= 0.6 is 0 Å². The summed E-state index contributed by atoms with van der Waals surface area (Å²) in [7, 11) is 0. The third-order valence-electron chi connectivity index (χ3n) is 3.64. The van der Waals surface area contributed by atoms with E-state index in [1.807, 2.05) is 24.0 Å². The second-order valence-electron chi connectivity index (χ2n) is 5.22. The lowest BCUT2D eigenvalue weighted by Crippen LogP contribution is -2.35. The van der Waals surface area contributed by atoms with Gasteiger partial charge in [-0.25, -0.2) is 0 Å². The Labute approximate surface area is 108 Å². The standard InChI is InChI=1S/C14H21N3O/c1-10-3-4-12(8-16-10)6-14(18)17-9-13(7-15)5-11(17)2/h3-4,8,11,13H,5-7,9,15H2,1-2H3. The highest BCUT2D eigenvalue weighted by molar-refractivity contribution is 5.79. The molecular weight excluding hydrogens is 226 g/mol. The maximum Gasteiger partial charge on any atom is 0.227 e. The van der Waals surface area contributed by atoms with E-state index in [1.165, 1.54) is 0 Å². The summed E-state index contributed by atoms with van der Waals surface area (Å²) >= 11 is 0. The lowest BCUT2D eigenvalue weighted by molar-refractivity contribution is -0.131. The summed E-state index contributed by atoms with van der Waals surface area (Å²) in [4.78, 5) is 18.4. The van der Waals surface area contributed by atoms with Crippen molar-refractivity contribution in [1.82, 2.24) is 9.88 Å². The van der Waals surface area contributed by atoms with Gasteiger partial charge in [0.2, 0.25) is 5.91 Å². The number of aromatic nitrogens is 1. The Morgan fingerprint density at radius 1 is 1.56 bits per heavy atom. The van der Waals surface area contributed by atoms with Crippen molar-refractivity contribution >= 4 is 5.91 Å². The Morgan fingerprint density at radius 2 is 2.33 bits per heavy atom. The highest BCUT2D eigenvalue weighted by Gasteiger charge is 2.31. The van der Waals surface area contributed by atoms with Crippen LogP contribution in [-0.2, 0) is 11.2 Å². The summed E-state index contributed by atoms with van der Waals surface area (Å²) in [6, 6.07) is 4.23. The highest BCUT2D eigenvalue weighted by Crippen LogP contribution is 2.22. The number of nitrogens with two attached hydrogens (primary N) is 1. The number of carbonyl (C=O) groups is 1. The van der Waals surface area contributed by atoms with E-state index in [2.05, 4.69) is 11.9 Å². The molecule has 2 unspecified atom stereocenters. The number of hydrogen-bond acceptors (Lipinski definition) is 3. The van der Waals surface area contributed by atoms with E-state index in [0.29, 0.717) is 24.9 Å². The van der Waals surface area contributed by atoms with Gasteiger partial charge in [-0.1, -0.05) is 6.07 Å². The Bertz CT molecular complexity index is 416. The van der Waals surface area contributed by atoms with Crippen molar-refractivity contribution in [2.24, 2.45) is 11.7 Å². The van der Waals surface area contributed by atoms with Crippen molar-refractivity contribution in [1.29, 1.82) is 0 Å². The summed E-state index contributed by atoms with van der Waals surface area (Å²) in [5, 5.41) is 0. The molecule has 2 heterocycles. The van der Waals surface area contributed by atoms with Crippen LogP contribution in [0.4, 0.5) is 0 Å². The van der Waals surface area contributed by atoms with Crippen LogP contribution in [0.5, 0.6) is 0 Å². The molecule has 0 spiro atoms. The average molecular weight is 247 g/mol. The van der Waals surface area contributed by atoms with Crippen LogP contribution in [0.1, 0.15) is 24.6 Å². The molecule has 1 aromatic heterocycles. The number of amides is 1. The molecule has 0 aliphatic carbocycles. The van der Waals surface area contributed by atoms with Crippen LogP contribution in [0.2, 0.25) is 0 Å². The molecule has 1 saturated heterocycles. The SMILES string of the molecule is Cc1ccc(CC(=O)N2CC(CN)CC2C)cn1. The van der Waals surface area contributed by atoms with Crippen LogP contribution in [0.25, 0.3) is 0 Å². The number of nitrogens with zero attached hydrogens (tertiary/aromatic N) is 2. The number of pyridine rings is 1. The first-order valence-corrected chi connectivity index (χ1v) is 6.51. The predicted octanol–water partition coefficient (Wildman–Crippen LogP) is 1.13. The molecule has 98 valence electrons. The van der Waals surface area contributed by atoms with Crippen molar-refractivity contribution in [2.45, 2.75) is 32.7 Å². The largest absolute Gasteiger partial charge is 0.339 e. The van der Waals surface area contributed by atoms with Gasteiger partial charge in [-0.15, -0.1) is 0 Å². The second-order valence-corrected chi connectivity index (χ2v) is 5.22. The zero-order valence-electron chi connectivity index (χ0n) is 11.1. The summed E-state index contributed by atoms with van der Waals surface area (Å²) in [5.41, 5.74) is 7.64. The molecule has 1 aliphatic rings. The maximum atomic E-state index is 12.2. The first-order chi connectivity index (χ1) is 8.60. The molecule has 4 heteroatoms. The second kappa shape index (κ2) is 5.48. The van der Waals surface area contributed by atoms with Crippen LogP contribution < -0.4 is 5.73 Å². The van der Waals surface area contributed by atoms with Gasteiger partial charge in [-0.05, 0) is 44.4 Å². The van der Waals surface area contributed by atoms with E-state index in [0.717, 1.165) is 24.2 Å². The van der Waals surface area contributed by atoms with Crippen LogP contribution in [-0.4, -0.2) is 34.9 Å². The fraction of sp³-hybridized carbons (Fsp3) is 0.571. The van der Waals surface area contributed by atoms with Gasteiger partial charge in [0.25, 0.3) is 0 Å². The summed E-state index contributed by atoms with van der Waals surface area (Å²) in [6.07, 6.45) is 3.25. The smallest absolute Gasteiger partial charge is 0.227 e. The molecule has 0 radical (unpaired) electrons. The topological polar surface area (TPSA) is 59.2 Å². The lowest BCUT2D eigenvalue weighted by Gasteiger charge is -2.21. The third-order valence-corrected chi connectivity index (χ3v) is 3.64. The van der Waals surface area contributed by atoms with Gasteiger partial charge in [0.15, 0.2) is 0 Å². The molecule has 1 amide bonds. The highest BCUT2D eigenvalue weighted by atomic mass is 16.2. The number of rotatable bonds is 3. The minimum absolute atomic E-state index is 0.184. The Kier molecular flexibility index (Phi) is 3.97. The fourth-order valence-electron chi connectivity index (χ4n) is 2.54. The molecule has 18 heavy (non-hydrogen) atoms. The molecule has 1 aromatic rings. The molecule has 2 atom stereocenters. The summed E-state index contributed by atoms with van der Waals surface area (Å²) in [6.45, 7) is 5.51. The Morgan fingerprint density at radius 3 is 2.89 bits per heavy atom. The first-order valence-electron chi connectivity index (χ1n) is 6.51. The van der Waals surface area contributed by atoms with Crippen molar-refractivity contribution in [3.8, 4) is 0 Å². The van der Waals surface area contributed by atoms with Crippen LogP contribution in [0.15, 0.2) is 18.3 Å². The number of carbonyl (C=O) groups excluding carboxylic acids is 1. The number of likely N-dealkylation sites (tertiary alicyclic amines) is 1. The zero-order valence-corrected chi connectivity index (χ0v) is 11.1. The van der Waals surface area contributed by atoms with Gasteiger partial charge in [0.05, 0.1) is 6.42 Å². The third kappa shape index (κ3) is 2.88. The van der Waals surface area contributed by atoms with Gasteiger partial charge in [0, 0.05) is 24.5 Å². The maximum absolute atomic E-state index is 12.2. The van der Waals surface area contributed by atoms with Crippen molar-refractivity contribution < 1.29 is 4.79 Å². The van der Waals surface area contributed by atoms with E-state index in [1.54, 1.807) is 6.20 Å². The van der Waals surface area contributed by atoms with Gasteiger partial charge < -0.3 is 10.6 Å². The van der Waals surface area contributed by atoms with Crippen LogP contribution in [0, 0.1) is 12.8 Å². The van der Waals surface area contributed by atoms with Gasteiger partial charge in [-0.2, -0.15) is 0 Å². The van der Waals surface area contributed by atoms with Crippen molar-refractivity contribution in [2.75, 3.05) is 13.1 Å². The average Bonchev–Trinajstić information content (AvgIpc) is 2.73. The predicted molar refractivity (Wildman–Crippen MR) is 71.0 cm³/mol. The van der Waals surface area contributed by atoms with Crippen molar-refractivity contribution in [3.63, 3.8) is 0 Å². The quantitative estimate of drug-likeness (QED) is 0.871. The van der Waals surface area contributed by atoms with Gasteiger partial charge in [0.1, 0.15) is 0 Å². The van der Waals surface area contributed by atoms with E-state index >= 15 is 0 Å². The van der Waals surface area contributed by atoms with E-state index in [4.69, 9.17) is 5.73 Å². The molecule has 4 nitrogen and oxygen atoms in total. The molecule has 0 saturated carbocycles. The molecule has 2 N–H and O–H groups in total. The molecule has 1 fully saturated rings. The first kappa shape index (κ1) is 13.0. The Balaban J connectivity index is 1.98. The van der Waals surface area contributed by atoms with E-state index in [-0.39, 0.29) is 5.91 Å². The van der Waals surface area contributed by atoms with E-state index < -0.39 is 0 Å². The molecule has 0 bridgehead atoms. The number of hydrogen-bond donors (Lipinski definition) is 1. The molecule has 2 rings (SSSR count). The fourth-order valence-corrected chi connectivity index (χ4v) is 2.54. The summed E-state index contributed by atoms with van der Waals surface area (Å²) in [5.74, 6) is 0.643. The van der Waals surface area contributed by atoms with Crippen LogP contribution in [0.3, 0.4) is 0 Å². The zero-order chi connectivity index (χ0) is 13.1. The monoisotopic (exact) mass is 247 g/mol. The molecular formula is C14H21N3O. The minimum Gasteiger partial charge on any atom is -0.339 e. The lowest BCUT2D eigenvalue weighted by atomic mass is 10.1. The van der Waals surface area contributed by atoms with Crippen molar-refractivity contribution in [3.05, 3.63) is 29.6 Å². The minimum atomic E-state index is 0.184. The molecule has 1 aliphatic heterocycles. The normalized spacial score (nSPS) is 23.4. The summed E-state index contributed by atoms with van der Waals surface area (Å²) < 4.78 is 0. The van der Waals surface area contributed by atoms with Gasteiger partial charge in [-0.3, -0.25) is 9.78 Å². The molecule has 0 aromatic carbocycles. The number of aryl methyl sites for hydroxylation is 1. The van der Waals surface area contributed by atoms with E-state index in [9.17, 15) is 4.79 Å². The van der Waals surface area contributed by atoms with Gasteiger partial charge >= 0.3 is 0 Å².